The van der Waals surface area contributed by atoms with Gasteiger partial charge in [0, 0.05) is 18.8 Å². The van der Waals surface area contributed by atoms with Crippen LogP contribution in [-0.4, -0.2) is 24.2 Å². The highest BCUT2D eigenvalue weighted by Crippen LogP contribution is 2.11. The molecule has 0 amide bonds. The number of halogens is 1. The maximum Gasteiger partial charge on any atom is 0.106 e. The van der Waals surface area contributed by atoms with E-state index in [9.17, 15) is 0 Å². The number of pyridine rings is 1. The van der Waals surface area contributed by atoms with Crippen molar-refractivity contribution in [3.8, 4) is 0 Å². The molecule has 94 valence electrons. The lowest BCUT2D eigenvalue weighted by Gasteiger charge is -2.23. The zero-order chi connectivity index (χ0) is 11.9. The SMILES string of the molecule is Brc1ccc(COCCC2CCCCN2)cn1. The minimum atomic E-state index is 0.659. The Kier molecular flexibility index (Phi) is 5.42. The Hall–Kier alpha value is -0.450. The van der Waals surface area contributed by atoms with Gasteiger partial charge in [-0.2, -0.15) is 0 Å². The van der Waals surface area contributed by atoms with E-state index in [-0.39, 0.29) is 0 Å². The van der Waals surface area contributed by atoms with Crippen LogP contribution in [0.15, 0.2) is 22.9 Å². The predicted octanol–water partition coefficient (Wildman–Crippen LogP) is 2.89. The molecule has 1 aromatic heterocycles. The molecule has 1 aliphatic heterocycles. The highest BCUT2D eigenvalue weighted by atomic mass is 79.9. The van der Waals surface area contributed by atoms with Crippen molar-refractivity contribution in [2.75, 3.05) is 13.2 Å². The summed E-state index contributed by atoms with van der Waals surface area (Å²) in [4.78, 5) is 4.17. The molecule has 0 spiro atoms. The average molecular weight is 299 g/mol. The summed E-state index contributed by atoms with van der Waals surface area (Å²) in [6, 6.07) is 4.64. The molecular formula is C13H19BrN2O. The first-order valence-corrected chi connectivity index (χ1v) is 7.05. The molecule has 0 aromatic carbocycles. The van der Waals surface area contributed by atoms with Crippen LogP contribution >= 0.6 is 15.9 Å². The van der Waals surface area contributed by atoms with E-state index in [1.54, 1.807) is 0 Å². The van der Waals surface area contributed by atoms with Crippen LogP contribution < -0.4 is 5.32 Å². The third kappa shape index (κ3) is 4.74. The minimum Gasteiger partial charge on any atom is -0.377 e. The number of nitrogens with one attached hydrogen (secondary N) is 1. The Bertz CT molecular complexity index is 323. The molecule has 0 aliphatic carbocycles. The zero-order valence-electron chi connectivity index (χ0n) is 9.99. The third-order valence-corrected chi connectivity index (χ3v) is 3.55. The highest BCUT2D eigenvalue weighted by molar-refractivity contribution is 9.10. The molecular weight excluding hydrogens is 280 g/mol. The Morgan fingerprint density at radius 3 is 3.06 bits per heavy atom. The quantitative estimate of drug-likeness (QED) is 0.670. The number of ether oxygens (including phenoxy) is 1. The van der Waals surface area contributed by atoms with E-state index in [0.29, 0.717) is 12.6 Å². The molecule has 4 heteroatoms. The van der Waals surface area contributed by atoms with Crippen LogP contribution in [0, 0.1) is 0 Å². The van der Waals surface area contributed by atoms with Gasteiger partial charge in [0.1, 0.15) is 4.60 Å². The zero-order valence-corrected chi connectivity index (χ0v) is 11.6. The van der Waals surface area contributed by atoms with Crippen LogP contribution in [0.3, 0.4) is 0 Å². The van der Waals surface area contributed by atoms with Crippen molar-refractivity contribution >= 4 is 15.9 Å². The van der Waals surface area contributed by atoms with E-state index >= 15 is 0 Å². The molecule has 2 rings (SSSR count). The van der Waals surface area contributed by atoms with Gasteiger partial charge >= 0.3 is 0 Å². The van der Waals surface area contributed by atoms with E-state index in [0.717, 1.165) is 23.2 Å². The summed E-state index contributed by atoms with van der Waals surface area (Å²) < 4.78 is 6.54. The molecule has 1 aliphatic rings. The van der Waals surface area contributed by atoms with Crippen LogP contribution in [0.2, 0.25) is 0 Å². The van der Waals surface area contributed by atoms with Crippen LogP contribution in [0.1, 0.15) is 31.2 Å². The number of aromatic nitrogens is 1. The van der Waals surface area contributed by atoms with E-state index in [1.165, 1.54) is 25.8 Å². The summed E-state index contributed by atoms with van der Waals surface area (Å²) in [6.45, 7) is 2.65. The number of nitrogens with zero attached hydrogens (tertiary/aromatic N) is 1. The lowest BCUT2D eigenvalue weighted by molar-refractivity contribution is 0.108. The summed E-state index contributed by atoms with van der Waals surface area (Å²) in [5.74, 6) is 0. The van der Waals surface area contributed by atoms with Crippen molar-refractivity contribution in [3.05, 3.63) is 28.5 Å². The first-order chi connectivity index (χ1) is 8.34. The number of hydrogen-bond acceptors (Lipinski definition) is 3. The van der Waals surface area contributed by atoms with E-state index < -0.39 is 0 Å². The molecule has 0 saturated carbocycles. The Morgan fingerprint density at radius 1 is 1.41 bits per heavy atom. The van der Waals surface area contributed by atoms with Gasteiger partial charge in [0.05, 0.1) is 6.61 Å². The molecule has 1 atom stereocenters. The van der Waals surface area contributed by atoms with Crippen molar-refractivity contribution in [2.45, 2.75) is 38.3 Å². The molecule has 0 radical (unpaired) electrons. The topological polar surface area (TPSA) is 34.1 Å². The Morgan fingerprint density at radius 2 is 2.35 bits per heavy atom. The molecule has 1 aromatic rings. The van der Waals surface area contributed by atoms with Gasteiger partial charge in [0.25, 0.3) is 0 Å². The molecule has 0 bridgehead atoms. The molecule has 2 heterocycles. The number of piperidine rings is 1. The Labute approximate surface area is 111 Å². The van der Waals surface area contributed by atoms with Crippen molar-refractivity contribution < 1.29 is 4.74 Å². The first kappa shape index (κ1) is 13.0. The second kappa shape index (κ2) is 7.09. The number of hydrogen-bond donors (Lipinski definition) is 1. The molecule has 1 saturated heterocycles. The van der Waals surface area contributed by atoms with Crippen LogP contribution in [0.25, 0.3) is 0 Å². The van der Waals surface area contributed by atoms with Gasteiger partial charge in [-0.1, -0.05) is 12.5 Å². The summed E-state index contributed by atoms with van der Waals surface area (Å²) in [7, 11) is 0. The van der Waals surface area contributed by atoms with Crippen molar-refractivity contribution in [1.82, 2.24) is 10.3 Å². The normalized spacial score (nSPS) is 20.4. The van der Waals surface area contributed by atoms with Crippen LogP contribution in [0.5, 0.6) is 0 Å². The molecule has 17 heavy (non-hydrogen) atoms. The number of rotatable bonds is 5. The minimum absolute atomic E-state index is 0.659. The van der Waals surface area contributed by atoms with Gasteiger partial charge in [-0.05, 0) is 53.4 Å². The van der Waals surface area contributed by atoms with Gasteiger partial charge in [-0.3, -0.25) is 0 Å². The monoisotopic (exact) mass is 298 g/mol. The lowest BCUT2D eigenvalue weighted by atomic mass is 10.0. The maximum absolute atomic E-state index is 5.67. The van der Waals surface area contributed by atoms with E-state index in [4.69, 9.17) is 4.74 Å². The summed E-state index contributed by atoms with van der Waals surface area (Å²) >= 11 is 3.32. The second-order valence-corrected chi connectivity index (χ2v) is 5.29. The van der Waals surface area contributed by atoms with E-state index in [2.05, 4.69) is 26.2 Å². The third-order valence-electron chi connectivity index (χ3n) is 3.08. The van der Waals surface area contributed by atoms with E-state index in [1.807, 2.05) is 18.3 Å². The summed E-state index contributed by atoms with van der Waals surface area (Å²) in [5, 5.41) is 3.53. The average Bonchev–Trinajstić information content (AvgIpc) is 2.38. The summed E-state index contributed by atoms with van der Waals surface area (Å²) in [5.41, 5.74) is 1.13. The molecule has 3 nitrogen and oxygen atoms in total. The van der Waals surface area contributed by atoms with Gasteiger partial charge < -0.3 is 10.1 Å². The smallest absolute Gasteiger partial charge is 0.106 e. The summed E-state index contributed by atoms with van der Waals surface area (Å²) in [6.07, 6.45) is 6.94. The predicted molar refractivity (Wildman–Crippen MR) is 71.9 cm³/mol. The molecule has 1 N–H and O–H groups in total. The highest BCUT2D eigenvalue weighted by Gasteiger charge is 2.11. The fourth-order valence-corrected chi connectivity index (χ4v) is 2.31. The second-order valence-electron chi connectivity index (χ2n) is 4.48. The maximum atomic E-state index is 5.67. The van der Waals surface area contributed by atoms with Gasteiger partial charge in [-0.15, -0.1) is 0 Å². The van der Waals surface area contributed by atoms with Crippen molar-refractivity contribution in [1.29, 1.82) is 0 Å². The fourth-order valence-electron chi connectivity index (χ4n) is 2.08. The van der Waals surface area contributed by atoms with Crippen molar-refractivity contribution in [3.63, 3.8) is 0 Å². The molecule has 1 unspecified atom stereocenters. The van der Waals surface area contributed by atoms with Gasteiger partial charge in [-0.25, -0.2) is 4.98 Å². The lowest BCUT2D eigenvalue weighted by Crippen LogP contribution is -2.34. The largest absolute Gasteiger partial charge is 0.377 e. The molecule has 1 fully saturated rings. The van der Waals surface area contributed by atoms with Crippen molar-refractivity contribution in [2.24, 2.45) is 0 Å². The Balaban J connectivity index is 1.60. The first-order valence-electron chi connectivity index (χ1n) is 6.26. The fraction of sp³-hybridized carbons (Fsp3) is 0.615. The van der Waals surface area contributed by atoms with Gasteiger partial charge in [0.15, 0.2) is 0 Å². The standard InChI is InChI=1S/C13H19BrN2O/c14-13-5-4-11(9-16-13)10-17-8-6-12-3-1-2-7-15-12/h4-5,9,12,15H,1-3,6-8,10H2. The van der Waals surface area contributed by atoms with Crippen LogP contribution in [-0.2, 0) is 11.3 Å². The van der Waals surface area contributed by atoms with Gasteiger partial charge in [0.2, 0.25) is 0 Å². The van der Waals surface area contributed by atoms with Crippen LogP contribution in [0.4, 0.5) is 0 Å².